The molecule has 28 heavy (non-hydrogen) atoms. The van der Waals surface area contributed by atoms with Crippen molar-refractivity contribution in [1.29, 1.82) is 0 Å². The van der Waals surface area contributed by atoms with Crippen LogP contribution in [0.4, 0.5) is 0 Å². The molecule has 1 saturated heterocycles. The third kappa shape index (κ3) is 2.99. The highest BCUT2D eigenvalue weighted by Crippen LogP contribution is 2.36. The van der Waals surface area contributed by atoms with E-state index in [0.717, 1.165) is 23.1 Å². The molecule has 6 nitrogen and oxygen atoms in total. The second-order valence-electron chi connectivity index (χ2n) is 7.44. The van der Waals surface area contributed by atoms with Gasteiger partial charge in [-0.3, -0.25) is 4.79 Å². The number of amides is 1. The third-order valence-corrected chi connectivity index (χ3v) is 7.65. The summed E-state index contributed by atoms with van der Waals surface area (Å²) in [6.45, 7) is 4.52. The molecule has 1 atom stereocenters. The van der Waals surface area contributed by atoms with Crippen molar-refractivity contribution in [3.63, 3.8) is 0 Å². The number of fused-ring (bicyclic) bond motifs is 3. The molecule has 7 heteroatoms. The number of nitrogens with zero attached hydrogens (tertiary/aromatic N) is 2. The van der Waals surface area contributed by atoms with E-state index >= 15 is 0 Å². The summed E-state index contributed by atoms with van der Waals surface area (Å²) in [5.74, 6) is 0.152. The second kappa shape index (κ2) is 6.90. The van der Waals surface area contributed by atoms with Crippen LogP contribution in [-0.2, 0) is 21.2 Å². The first kappa shape index (κ1) is 19.0. The Hall–Kier alpha value is -2.38. The molecule has 1 fully saturated rings. The largest absolute Gasteiger partial charge is 0.495 e. The minimum Gasteiger partial charge on any atom is -0.495 e. The second-order valence-corrected chi connectivity index (χ2v) is 9.34. The van der Waals surface area contributed by atoms with E-state index in [9.17, 15) is 13.2 Å². The lowest BCUT2D eigenvalue weighted by atomic mass is 9.91. The fourth-order valence-corrected chi connectivity index (χ4v) is 5.71. The maximum absolute atomic E-state index is 13.4. The molecule has 0 bridgehead atoms. The van der Waals surface area contributed by atoms with Crippen LogP contribution >= 0.6 is 0 Å². The Bertz CT molecular complexity index is 1050. The van der Waals surface area contributed by atoms with E-state index in [-0.39, 0.29) is 29.9 Å². The molecule has 2 aromatic rings. The van der Waals surface area contributed by atoms with Crippen molar-refractivity contribution < 1.29 is 17.9 Å². The summed E-state index contributed by atoms with van der Waals surface area (Å²) in [4.78, 5) is 14.7. The quantitative estimate of drug-likeness (QED) is 0.794. The van der Waals surface area contributed by atoms with Crippen molar-refractivity contribution >= 4 is 15.9 Å². The zero-order valence-electron chi connectivity index (χ0n) is 16.3. The topological polar surface area (TPSA) is 66.9 Å². The van der Waals surface area contributed by atoms with Crippen LogP contribution in [-0.4, -0.2) is 50.3 Å². The van der Waals surface area contributed by atoms with Crippen LogP contribution in [0.5, 0.6) is 5.75 Å². The standard InChI is InChI=1S/C21H24N2O4S/c1-14-10-19(27-3)20(11-15(14)2)28(25,26)22-12-18-17-7-5-4-6-16(17)8-9-23(18)21(24)13-22/h4-7,10-11,18H,8-9,12-13H2,1-3H3/t18-/m1/s1. The molecule has 0 N–H and O–H groups in total. The summed E-state index contributed by atoms with van der Waals surface area (Å²) in [6.07, 6.45) is 0.802. The molecule has 1 amide bonds. The number of methoxy groups -OCH3 is 1. The highest BCUT2D eigenvalue weighted by atomic mass is 32.2. The zero-order valence-corrected chi connectivity index (χ0v) is 17.1. The molecule has 2 aliphatic heterocycles. The van der Waals surface area contributed by atoms with Crippen molar-refractivity contribution in [2.45, 2.75) is 31.2 Å². The van der Waals surface area contributed by atoms with Gasteiger partial charge in [0.25, 0.3) is 0 Å². The maximum atomic E-state index is 13.4. The Morgan fingerprint density at radius 3 is 2.57 bits per heavy atom. The highest BCUT2D eigenvalue weighted by molar-refractivity contribution is 7.89. The average Bonchev–Trinajstić information content (AvgIpc) is 2.69. The van der Waals surface area contributed by atoms with Crippen LogP contribution in [0.25, 0.3) is 0 Å². The molecule has 0 radical (unpaired) electrons. The highest BCUT2D eigenvalue weighted by Gasteiger charge is 2.42. The van der Waals surface area contributed by atoms with Gasteiger partial charge in [0.1, 0.15) is 10.6 Å². The van der Waals surface area contributed by atoms with Gasteiger partial charge in [0.15, 0.2) is 0 Å². The summed E-state index contributed by atoms with van der Waals surface area (Å²) >= 11 is 0. The molecule has 4 rings (SSSR count). The van der Waals surface area contributed by atoms with Crippen LogP contribution in [0.1, 0.15) is 28.3 Å². The molecular weight excluding hydrogens is 376 g/mol. The van der Waals surface area contributed by atoms with Crippen molar-refractivity contribution in [1.82, 2.24) is 9.21 Å². The van der Waals surface area contributed by atoms with E-state index in [1.807, 2.05) is 36.9 Å². The molecule has 148 valence electrons. The van der Waals surface area contributed by atoms with Gasteiger partial charge in [0, 0.05) is 13.1 Å². The number of hydrogen-bond donors (Lipinski definition) is 0. The first-order chi connectivity index (χ1) is 13.3. The van der Waals surface area contributed by atoms with E-state index in [2.05, 4.69) is 6.07 Å². The van der Waals surface area contributed by atoms with Gasteiger partial charge < -0.3 is 9.64 Å². The Morgan fingerprint density at radius 2 is 1.82 bits per heavy atom. The predicted octanol–water partition coefficient (Wildman–Crippen LogP) is 2.44. The monoisotopic (exact) mass is 400 g/mol. The van der Waals surface area contributed by atoms with E-state index in [1.54, 1.807) is 12.1 Å². The minimum absolute atomic E-state index is 0.114. The normalized spacial score (nSPS) is 19.9. The fraction of sp³-hybridized carbons (Fsp3) is 0.381. The van der Waals surface area contributed by atoms with Gasteiger partial charge in [-0.25, -0.2) is 8.42 Å². The number of hydrogen-bond acceptors (Lipinski definition) is 4. The summed E-state index contributed by atoms with van der Waals surface area (Å²) < 4.78 is 33.5. The Balaban J connectivity index is 1.75. The average molecular weight is 401 g/mol. The first-order valence-corrected chi connectivity index (χ1v) is 10.8. The molecule has 0 aliphatic carbocycles. The van der Waals surface area contributed by atoms with Gasteiger partial charge in [0.2, 0.25) is 15.9 Å². The van der Waals surface area contributed by atoms with Crippen LogP contribution in [0.3, 0.4) is 0 Å². The number of carbonyl (C=O) groups excluding carboxylic acids is 1. The number of benzene rings is 2. The Morgan fingerprint density at radius 1 is 1.11 bits per heavy atom. The molecule has 0 aromatic heterocycles. The van der Waals surface area contributed by atoms with Crippen molar-refractivity contribution in [2.24, 2.45) is 0 Å². The van der Waals surface area contributed by atoms with Crippen LogP contribution in [0.2, 0.25) is 0 Å². The summed E-state index contributed by atoms with van der Waals surface area (Å²) in [5.41, 5.74) is 4.04. The predicted molar refractivity (Wildman–Crippen MR) is 106 cm³/mol. The lowest BCUT2D eigenvalue weighted by molar-refractivity contribution is -0.138. The van der Waals surface area contributed by atoms with Crippen LogP contribution in [0, 0.1) is 13.8 Å². The van der Waals surface area contributed by atoms with E-state index in [4.69, 9.17) is 4.74 Å². The van der Waals surface area contributed by atoms with Gasteiger partial charge in [-0.1, -0.05) is 24.3 Å². The zero-order chi connectivity index (χ0) is 20.1. The van der Waals surface area contributed by atoms with Crippen LogP contribution < -0.4 is 4.74 Å². The maximum Gasteiger partial charge on any atom is 0.247 e. The van der Waals surface area contributed by atoms with Gasteiger partial charge in [0.05, 0.1) is 19.7 Å². The van der Waals surface area contributed by atoms with Gasteiger partial charge in [-0.05, 0) is 54.7 Å². The van der Waals surface area contributed by atoms with Gasteiger partial charge in [-0.2, -0.15) is 4.31 Å². The number of sulfonamides is 1. The third-order valence-electron chi connectivity index (χ3n) is 5.82. The summed E-state index contributed by atoms with van der Waals surface area (Å²) in [6, 6.07) is 11.1. The molecular formula is C21H24N2O4S. The van der Waals surface area contributed by atoms with E-state index in [0.29, 0.717) is 12.3 Å². The summed E-state index contributed by atoms with van der Waals surface area (Å²) in [7, 11) is -2.41. The molecule has 2 heterocycles. The van der Waals surface area contributed by atoms with Gasteiger partial charge >= 0.3 is 0 Å². The summed E-state index contributed by atoms with van der Waals surface area (Å²) in [5, 5.41) is 0. The number of piperazine rings is 1. The molecule has 2 aliphatic rings. The minimum atomic E-state index is -3.87. The van der Waals surface area contributed by atoms with E-state index < -0.39 is 10.0 Å². The molecule has 0 saturated carbocycles. The van der Waals surface area contributed by atoms with Crippen LogP contribution in [0.15, 0.2) is 41.3 Å². The number of aryl methyl sites for hydroxylation is 2. The lowest BCUT2D eigenvalue weighted by Crippen LogP contribution is -2.55. The van der Waals surface area contributed by atoms with Gasteiger partial charge in [-0.15, -0.1) is 0 Å². The Labute approximate surface area is 165 Å². The number of ether oxygens (including phenoxy) is 1. The molecule has 0 unspecified atom stereocenters. The van der Waals surface area contributed by atoms with E-state index in [1.165, 1.54) is 17.0 Å². The molecule has 2 aromatic carbocycles. The smallest absolute Gasteiger partial charge is 0.247 e. The van der Waals surface area contributed by atoms with Crippen molar-refractivity contribution in [3.8, 4) is 5.75 Å². The fourth-order valence-electron chi connectivity index (χ4n) is 4.09. The first-order valence-electron chi connectivity index (χ1n) is 9.35. The molecule has 0 spiro atoms. The number of rotatable bonds is 3. The Kier molecular flexibility index (Phi) is 4.67. The number of carbonyl (C=O) groups is 1. The van der Waals surface area contributed by atoms with Crippen molar-refractivity contribution in [3.05, 3.63) is 58.7 Å². The van der Waals surface area contributed by atoms with Crippen molar-refractivity contribution in [2.75, 3.05) is 26.7 Å². The SMILES string of the molecule is COc1cc(C)c(C)cc1S(=O)(=O)N1CC(=O)N2CCc3ccccc3[C@H]2C1. The lowest BCUT2D eigenvalue weighted by Gasteiger charge is -2.44.